The Bertz CT molecular complexity index is 409. The number of rotatable bonds is 6. The van der Waals surface area contributed by atoms with Crippen molar-refractivity contribution in [1.82, 2.24) is 4.98 Å². The van der Waals surface area contributed by atoms with E-state index in [1.165, 1.54) is 6.20 Å². The standard InChI is InChI=1S/C11H13ClN2O3/c12-11-8(4-3-7-13-11)14-9(15)5-1-2-6-10(16)17/h3-4,7H,1-2,5-6H2,(H,14,15)(H,16,17). The molecule has 0 bridgehead atoms. The number of nitrogens with one attached hydrogen (secondary N) is 1. The second-order valence-corrected chi connectivity index (χ2v) is 3.85. The maximum Gasteiger partial charge on any atom is 0.303 e. The van der Waals surface area contributed by atoms with Crippen LogP contribution in [0.15, 0.2) is 18.3 Å². The van der Waals surface area contributed by atoms with Crippen molar-refractivity contribution in [2.75, 3.05) is 5.32 Å². The number of anilines is 1. The molecule has 2 N–H and O–H groups in total. The van der Waals surface area contributed by atoms with Crippen LogP contribution < -0.4 is 5.32 Å². The van der Waals surface area contributed by atoms with Gasteiger partial charge in [-0.25, -0.2) is 4.98 Å². The number of unbranched alkanes of at least 4 members (excludes halogenated alkanes) is 1. The van der Waals surface area contributed by atoms with Gasteiger partial charge >= 0.3 is 5.97 Å². The molecule has 0 saturated carbocycles. The van der Waals surface area contributed by atoms with Gasteiger partial charge in [-0.15, -0.1) is 0 Å². The number of aromatic nitrogens is 1. The van der Waals surface area contributed by atoms with Crippen molar-refractivity contribution in [3.05, 3.63) is 23.5 Å². The molecule has 0 spiro atoms. The third-order valence-corrected chi connectivity index (χ3v) is 2.38. The molecule has 0 aromatic carbocycles. The molecule has 1 rings (SSSR count). The van der Waals surface area contributed by atoms with Gasteiger partial charge in [-0.05, 0) is 25.0 Å². The van der Waals surface area contributed by atoms with Gasteiger partial charge in [-0.1, -0.05) is 11.6 Å². The molecule has 17 heavy (non-hydrogen) atoms. The minimum Gasteiger partial charge on any atom is -0.481 e. The van der Waals surface area contributed by atoms with E-state index in [2.05, 4.69) is 10.3 Å². The number of carboxylic acids is 1. The average molecular weight is 257 g/mol. The summed E-state index contributed by atoms with van der Waals surface area (Å²) in [4.78, 5) is 25.5. The Kier molecular flexibility index (Phi) is 5.42. The summed E-state index contributed by atoms with van der Waals surface area (Å²) in [6.07, 6.45) is 2.92. The average Bonchev–Trinajstić information content (AvgIpc) is 2.27. The predicted molar refractivity (Wildman–Crippen MR) is 64.0 cm³/mol. The first-order valence-electron chi connectivity index (χ1n) is 5.22. The van der Waals surface area contributed by atoms with Crippen molar-refractivity contribution in [2.24, 2.45) is 0 Å². The second kappa shape index (κ2) is 6.85. The molecule has 1 aromatic rings. The van der Waals surface area contributed by atoms with Crippen LogP contribution in [0.1, 0.15) is 25.7 Å². The van der Waals surface area contributed by atoms with E-state index in [1.54, 1.807) is 12.1 Å². The zero-order chi connectivity index (χ0) is 12.7. The lowest BCUT2D eigenvalue weighted by molar-refractivity contribution is -0.137. The Morgan fingerprint density at radius 1 is 1.35 bits per heavy atom. The van der Waals surface area contributed by atoms with Crippen molar-refractivity contribution in [3.63, 3.8) is 0 Å². The largest absolute Gasteiger partial charge is 0.481 e. The minimum atomic E-state index is -0.847. The molecule has 0 aliphatic rings. The van der Waals surface area contributed by atoms with Crippen LogP contribution in [0.3, 0.4) is 0 Å². The zero-order valence-electron chi connectivity index (χ0n) is 9.15. The van der Waals surface area contributed by atoms with Crippen molar-refractivity contribution < 1.29 is 14.7 Å². The summed E-state index contributed by atoms with van der Waals surface area (Å²) in [6, 6.07) is 3.33. The quantitative estimate of drug-likeness (QED) is 0.605. The van der Waals surface area contributed by atoms with Crippen LogP contribution >= 0.6 is 11.6 Å². The fraction of sp³-hybridized carbons (Fsp3) is 0.364. The summed E-state index contributed by atoms with van der Waals surface area (Å²) in [6.45, 7) is 0. The first kappa shape index (κ1) is 13.4. The highest BCUT2D eigenvalue weighted by Gasteiger charge is 2.06. The highest BCUT2D eigenvalue weighted by Crippen LogP contribution is 2.17. The molecule has 0 aliphatic heterocycles. The van der Waals surface area contributed by atoms with Crippen molar-refractivity contribution >= 4 is 29.2 Å². The number of pyridine rings is 1. The molecule has 6 heteroatoms. The maximum atomic E-state index is 11.5. The van der Waals surface area contributed by atoms with Gasteiger partial charge in [0.1, 0.15) is 0 Å². The smallest absolute Gasteiger partial charge is 0.303 e. The number of carbonyl (C=O) groups excluding carboxylic acids is 1. The van der Waals surface area contributed by atoms with Crippen LogP contribution in [0.4, 0.5) is 5.69 Å². The minimum absolute atomic E-state index is 0.0843. The molecule has 5 nitrogen and oxygen atoms in total. The van der Waals surface area contributed by atoms with Gasteiger partial charge in [0.05, 0.1) is 5.69 Å². The fourth-order valence-corrected chi connectivity index (χ4v) is 1.42. The second-order valence-electron chi connectivity index (χ2n) is 3.49. The summed E-state index contributed by atoms with van der Waals surface area (Å²) >= 11 is 5.77. The van der Waals surface area contributed by atoms with Crippen LogP contribution in [0.2, 0.25) is 5.15 Å². The Labute approximate surface area is 104 Å². The van der Waals surface area contributed by atoms with Gasteiger partial charge < -0.3 is 10.4 Å². The van der Waals surface area contributed by atoms with E-state index in [0.717, 1.165) is 0 Å². The zero-order valence-corrected chi connectivity index (χ0v) is 9.91. The van der Waals surface area contributed by atoms with Gasteiger partial charge in [0, 0.05) is 19.0 Å². The fourth-order valence-electron chi connectivity index (χ4n) is 1.25. The van der Waals surface area contributed by atoms with E-state index < -0.39 is 5.97 Å². The molecule has 1 amide bonds. The Morgan fingerprint density at radius 3 is 2.71 bits per heavy atom. The van der Waals surface area contributed by atoms with Crippen molar-refractivity contribution in [1.29, 1.82) is 0 Å². The van der Waals surface area contributed by atoms with Gasteiger partial charge in [0.2, 0.25) is 5.91 Å². The van der Waals surface area contributed by atoms with Crippen molar-refractivity contribution in [2.45, 2.75) is 25.7 Å². The summed E-state index contributed by atoms with van der Waals surface area (Å²) in [5.41, 5.74) is 0.470. The summed E-state index contributed by atoms with van der Waals surface area (Å²) < 4.78 is 0. The molecule has 92 valence electrons. The number of halogens is 1. The third-order valence-electron chi connectivity index (χ3n) is 2.08. The first-order chi connectivity index (χ1) is 8.09. The molecule has 0 fully saturated rings. The lowest BCUT2D eigenvalue weighted by Gasteiger charge is -2.05. The van der Waals surface area contributed by atoms with Gasteiger partial charge in [0.25, 0.3) is 0 Å². The Morgan fingerprint density at radius 2 is 2.06 bits per heavy atom. The van der Waals surface area contributed by atoms with Crippen LogP contribution in [0, 0.1) is 0 Å². The Balaban J connectivity index is 2.30. The molecule has 1 aromatic heterocycles. The molecular formula is C11H13ClN2O3. The summed E-state index contributed by atoms with van der Waals surface area (Å²) in [7, 11) is 0. The highest BCUT2D eigenvalue weighted by atomic mass is 35.5. The van der Waals surface area contributed by atoms with E-state index in [1.807, 2.05) is 0 Å². The number of aliphatic carboxylic acids is 1. The number of hydrogen-bond donors (Lipinski definition) is 2. The normalized spacial score (nSPS) is 9.94. The molecule has 1 heterocycles. The van der Waals surface area contributed by atoms with E-state index in [4.69, 9.17) is 16.7 Å². The molecule has 0 atom stereocenters. The molecule has 0 unspecified atom stereocenters. The van der Waals surface area contributed by atoms with Gasteiger partial charge in [-0.2, -0.15) is 0 Å². The van der Waals surface area contributed by atoms with Crippen LogP contribution in [-0.2, 0) is 9.59 Å². The van der Waals surface area contributed by atoms with Crippen molar-refractivity contribution in [3.8, 4) is 0 Å². The SMILES string of the molecule is O=C(O)CCCCC(=O)Nc1cccnc1Cl. The van der Waals surface area contributed by atoms with E-state index in [9.17, 15) is 9.59 Å². The van der Waals surface area contributed by atoms with E-state index in [-0.39, 0.29) is 23.9 Å². The molecule has 0 saturated heterocycles. The monoisotopic (exact) mass is 256 g/mol. The van der Waals surface area contributed by atoms with Crippen LogP contribution in [0.25, 0.3) is 0 Å². The third kappa shape index (κ3) is 5.31. The van der Waals surface area contributed by atoms with E-state index in [0.29, 0.717) is 18.5 Å². The predicted octanol–water partition coefficient (Wildman–Crippen LogP) is 2.32. The van der Waals surface area contributed by atoms with Gasteiger partial charge in [-0.3, -0.25) is 9.59 Å². The summed E-state index contributed by atoms with van der Waals surface area (Å²) in [5.74, 6) is -1.04. The lowest BCUT2D eigenvalue weighted by atomic mass is 10.2. The molecule has 0 aliphatic carbocycles. The van der Waals surface area contributed by atoms with Crippen LogP contribution in [-0.4, -0.2) is 22.0 Å². The topological polar surface area (TPSA) is 79.3 Å². The Hall–Kier alpha value is -1.62. The number of hydrogen-bond acceptors (Lipinski definition) is 3. The van der Waals surface area contributed by atoms with Crippen LogP contribution in [0.5, 0.6) is 0 Å². The number of carboxylic acid groups (broad SMARTS) is 1. The molecule has 0 radical (unpaired) electrons. The number of amides is 1. The maximum absolute atomic E-state index is 11.5. The highest BCUT2D eigenvalue weighted by molar-refractivity contribution is 6.32. The first-order valence-corrected chi connectivity index (χ1v) is 5.59. The molecular weight excluding hydrogens is 244 g/mol. The number of nitrogens with zero attached hydrogens (tertiary/aromatic N) is 1. The van der Waals surface area contributed by atoms with Gasteiger partial charge in [0.15, 0.2) is 5.15 Å². The van der Waals surface area contributed by atoms with E-state index >= 15 is 0 Å². The number of carbonyl (C=O) groups is 2. The lowest BCUT2D eigenvalue weighted by Crippen LogP contribution is -2.11. The summed E-state index contributed by atoms with van der Waals surface area (Å²) in [5, 5.41) is 11.3.